The van der Waals surface area contributed by atoms with E-state index in [2.05, 4.69) is 0 Å². The number of allylic oxidation sites excluding steroid dienone is 4. The molecule has 4 rings (SSSR count). The maximum absolute atomic E-state index is 15.6. The van der Waals surface area contributed by atoms with Crippen LogP contribution < -0.4 is 0 Å². The second-order valence-electron chi connectivity index (χ2n) is 10.8. The van der Waals surface area contributed by atoms with E-state index in [1.54, 1.807) is 19.9 Å². The van der Waals surface area contributed by atoms with Crippen molar-refractivity contribution in [2.24, 2.45) is 34.5 Å². The monoisotopic (exact) mass is 496 g/mol. The predicted octanol–water partition coefficient (Wildman–Crippen LogP) is 4.81. The zero-order chi connectivity index (χ0) is 25.2. The summed E-state index contributed by atoms with van der Waals surface area (Å²) in [6.07, 6.45) is 1.12. The van der Waals surface area contributed by atoms with Crippen molar-refractivity contribution in [3.63, 3.8) is 0 Å². The number of halogens is 2. The molecule has 0 radical (unpaired) electrons. The summed E-state index contributed by atoms with van der Waals surface area (Å²) in [7, 11) is 0. The molecule has 8 heteroatoms. The molecule has 4 aliphatic rings. The largest absolute Gasteiger partial charge is 0.484 e. The van der Waals surface area contributed by atoms with Crippen molar-refractivity contribution >= 4 is 29.0 Å². The third kappa shape index (κ3) is 3.20. The number of hydrogen-bond donors (Lipinski definition) is 1. The second-order valence-corrected chi connectivity index (χ2v) is 11.2. The van der Waals surface area contributed by atoms with Crippen LogP contribution in [0.15, 0.2) is 23.6 Å². The van der Waals surface area contributed by atoms with Crippen molar-refractivity contribution in [2.45, 2.75) is 78.2 Å². The first-order chi connectivity index (χ1) is 15.9. The van der Waals surface area contributed by atoms with E-state index in [-0.39, 0.29) is 47.6 Å². The van der Waals surface area contributed by atoms with Crippen molar-refractivity contribution in [3.05, 3.63) is 23.6 Å². The summed E-state index contributed by atoms with van der Waals surface area (Å²) in [4.78, 5) is 24.6. The van der Waals surface area contributed by atoms with E-state index >= 15 is 4.39 Å². The van der Waals surface area contributed by atoms with Gasteiger partial charge >= 0.3 is 5.97 Å². The van der Waals surface area contributed by atoms with Crippen LogP contribution in [0.4, 0.5) is 8.78 Å². The van der Waals surface area contributed by atoms with Crippen LogP contribution in [0.5, 0.6) is 0 Å². The Hall–Kier alpha value is -1.67. The average molecular weight is 497 g/mol. The topological polar surface area (TPSA) is 72.8 Å². The minimum Gasteiger partial charge on any atom is -0.484 e. The number of rotatable bonds is 4. The molecule has 0 saturated heterocycles. The summed E-state index contributed by atoms with van der Waals surface area (Å²) in [6.45, 7) is 9.45. The molecule has 0 aromatic carbocycles. The van der Waals surface area contributed by atoms with Crippen LogP contribution in [0, 0.1) is 34.5 Å². The van der Waals surface area contributed by atoms with Crippen LogP contribution in [0.2, 0.25) is 0 Å². The van der Waals surface area contributed by atoms with Gasteiger partial charge in [-0.2, -0.15) is 0 Å². The van der Waals surface area contributed by atoms with Gasteiger partial charge in [0.15, 0.2) is 11.4 Å². The molecule has 9 atom stereocenters. The molecule has 0 unspecified atom stereocenters. The Bertz CT molecular complexity index is 978. The lowest BCUT2D eigenvalue weighted by Gasteiger charge is -2.60. The molecule has 0 aromatic heterocycles. The molecular formula is C26H34F2O5S. The quantitative estimate of drug-likeness (QED) is 0.445. The first kappa shape index (κ1) is 25.4. The van der Waals surface area contributed by atoms with Gasteiger partial charge in [-0.3, -0.25) is 9.59 Å². The molecule has 0 aromatic rings. The fraction of sp³-hybridized carbons (Fsp3) is 0.731. The van der Waals surface area contributed by atoms with Gasteiger partial charge < -0.3 is 14.6 Å². The summed E-state index contributed by atoms with van der Waals surface area (Å²) < 4.78 is 42.4. The average Bonchev–Trinajstić information content (AvgIpc) is 2.98. The fourth-order valence-electron chi connectivity index (χ4n) is 7.93. The molecule has 188 valence electrons. The van der Waals surface area contributed by atoms with E-state index in [1.807, 2.05) is 20.8 Å². The minimum absolute atomic E-state index is 0.00658. The van der Waals surface area contributed by atoms with E-state index < -0.39 is 52.2 Å². The molecular weight excluding hydrogens is 462 g/mol. The molecule has 34 heavy (non-hydrogen) atoms. The molecule has 3 saturated carbocycles. The Kier molecular flexibility index (Phi) is 6.33. The van der Waals surface area contributed by atoms with Crippen molar-refractivity contribution < 1.29 is 33.0 Å². The number of hydrogen-bond acceptors (Lipinski definition) is 6. The standard InChI is InChI=1S/C26H34F2O5S/c1-6-19(31)33-26(23(34)32-7-2)13(3)10-15-14-11-16(27)21-22(28)17(29)8-9-24(21,4)20(14)18(30)12-25(15,26)5/h8-9,13-16,18,20,30H,6-7,10-12H2,1-5H3/t13-,14-,15-,16-,18-,20+,24+,25-,26-/m0/s1. The summed E-state index contributed by atoms with van der Waals surface area (Å²) in [5.74, 6) is -3.45. The van der Waals surface area contributed by atoms with Crippen LogP contribution in [0.3, 0.4) is 0 Å². The van der Waals surface area contributed by atoms with Gasteiger partial charge in [0.2, 0.25) is 10.8 Å². The van der Waals surface area contributed by atoms with E-state index in [4.69, 9.17) is 21.7 Å². The van der Waals surface area contributed by atoms with Crippen LogP contribution in [0.25, 0.3) is 0 Å². The maximum Gasteiger partial charge on any atom is 0.306 e. The minimum atomic E-state index is -1.64. The van der Waals surface area contributed by atoms with Gasteiger partial charge in [0.1, 0.15) is 6.17 Å². The number of fused-ring (bicyclic) bond motifs is 5. The summed E-state index contributed by atoms with van der Waals surface area (Å²) >= 11 is 5.70. The summed E-state index contributed by atoms with van der Waals surface area (Å²) in [6, 6.07) is 0. The SMILES string of the molecule is CCOC(=S)[C@@]1(OC(=O)CC)[C@@H](C)C[C@H]2[C@@H]3C[C@H](F)C4=C(F)C(=O)C=C[C@]4(C)[C@H]3[C@@H](O)C[C@@]21C. The Balaban J connectivity index is 1.84. The smallest absolute Gasteiger partial charge is 0.306 e. The number of ether oxygens (including phenoxy) is 2. The first-order valence-electron chi connectivity index (χ1n) is 12.2. The van der Waals surface area contributed by atoms with Gasteiger partial charge in [0.25, 0.3) is 0 Å². The number of thiocarbonyl (C=S) groups is 1. The zero-order valence-corrected chi connectivity index (χ0v) is 21.2. The van der Waals surface area contributed by atoms with Crippen LogP contribution in [0.1, 0.15) is 60.3 Å². The molecule has 0 bridgehead atoms. The maximum atomic E-state index is 15.6. The Morgan fingerprint density at radius 2 is 1.97 bits per heavy atom. The van der Waals surface area contributed by atoms with Gasteiger partial charge in [-0.15, -0.1) is 0 Å². The Morgan fingerprint density at radius 1 is 1.29 bits per heavy atom. The van der Waals surface area contributed by atoms with Crippen molar-refractivity contribution in [1.82, 2.24) is 0 Å². The summed E-state index contributed by atoms with van der Waals surface area (Å²) in [5, 5.41) is 11.8. The van der Waals surface area contributed by atoms with E-state index in [1.165, 1.54) is 0 Å². The van der Waals surface area contributed by atoms with Crippen molar-refractivity contribution in [3.8, 4) is 0 Å². The zero-order valence-electron chi connectivity index (χ0n) is 20.4. The van der Waals surface area contributed by atoms with Crippen LogP contribution in [-0.2, 0) is 19.1 Å². The number of carbonyl (C=O) groups excluding carboxylic acids is 2. The normalized spacial score (nSPS) is 45.4. The van der Waals surface area contributed by atoms with E-state index in [9.17, 15) is 19.1 Å². The number of carbonyl (C=O) groups is 2. The molecule has 0 amide bonds. The van der Waals surface area contributed by atoms with Crippen LogP contribution >= 0.6 is 12.2 Å². The summed E-state index contributed by atoms with van der Waals surface area (Å²) in [5.41, 5.74) is -3.30. The van der Waals surface area contributed by atoms with Gasteiger partial charge in [-0.05, 0) is 56.3 Å². The molecule has 0 heterocycles. The third-order valence-electron chi connectivity index (χ3n) is 9.24. The molecule has 3 fully saturated rings. The second kappa shape index (κ2) is 8.47. The first-order valence-corrected chi connectivity index (χ1v) is 12.6. The lowest BCUT2D eigenvalue weighted by atomic mass is 9.46. The van der Waals surface area contributed by atoms with Gasteiger partial charge in [0, 0.05) is 34.7 Å². The van der Waals surface area contributed by atoms with Crippen molar-refractivity contribution in [1.29, 1.82) is 0 Å². The highest BCUT2D eigenvalue weighted by Gasteiger charge is 2.73. The molecule has 1 N–H and O–H groups in total. The predicted molar refractivity (Wildman–Crippen MR) is 126 cm³/mol. The lowest BCUT2D eigenvalue weighted by Crippen LogP contribution is -2.64. The van der Waals surface area contributed by atoms with Crippen LogP contribution in [-0.4, -0.2) is 46.4 Å². The Labute approximate surface area is 204 Å². The lowest BCUT2D eigenvalue weighted by molar-refractivity contribution is -0.188. The highest BCUT2D eigenvalue weighted by Crippen LogP contribution is 2.69. The Morgan fingerprint density at radius 3 is 2.59 bits per heavy atom. The molecule has 0 aliphatic heterocycles. The number of ketones is 1. The number of alkyl halides is 1. The number of aliphatic hydroxyl groups excluding tert-OH is 1. The van der Waals surface area contributed by atoms with E-state index in [0.717, 1.165) is 6.08 Å². The third-order valence-corrected chi connectivity index (χ3v) is 9.66. The molecule has 5 nitrogen and oxygen atoms in total. The van der Waals surface area contributed by atoms with Gasteiger partial charge in [-0.25, -0.2) is 8.78 Å². The number of aliphatic hydroxyl groups is 1. The molecule has 4 aliphatic carbocycles. The van der Waals surface area contributed by atoms with Gasteiger partial charge in [-0.1, -0.05) is 33.8 Å². The number of esters is 1. The van der Waals surface area contributed by atoms with Gasteiger partial charge in [0.05, 0.1) is 12.7 Å². The van der Waals surface area contributed by atoms with Crippen molar-refractivity contribution in [2.75, 3.05) is 6.61 Å². The fourth-order valence-corrected chi connectivity index (χ4v) is 8.53. The molecule has 0 spiro atoms. The highest BCUT2D eigenvalue weighted by atomic mass is 32.1. The highest BCUT2D eigenvalue weighted by molar-refractivity contribution is 7.80. The van der Waals surface area contributed by atoms with E-state index in [0.29, 0.717) is 13.0 Å².